The molecule has 1 aromatic heterocycles. The van der Waals surface area contributed by atoms with Crippen LogP contribution in [0.1, 0.15) is 49.7 Å². The lowest BCUT2D eigenvalue weighted by Crippen LogP contribution is -2.45. The average Bonchev–Trinajstić information content (AvgIpc) is 2.83. The molecule has 0 aromatic carbocycles. The minimum Gasteiger partial charge on any atom is -0.379 e. The highest BCUT2D eigenvalue weighted by molar-refractivity contribution is 5.79. The van der Waals surface area contributed by atoms with E-state index in [0.717, 1.165) is 88.1 Å². The van der Waals surface area contributed by atoms with Gasteiger partial charge in [-0.3, -0.25) is 14.5 Å². The minimum atomic E-state index is -0.0423. The third-order valence-corrected chi connectivity index (χ3v) is 6.99. The molecule has 1 atom stereocenters. The van der Waals surface area contributed by atoms with Crippen molar-refractivity contribution in [1.82, 2.24) is 24.7 Å². The van der Waals surface area contributed by atoms with Gasteiger partial charge in [0.15, 0.2) is 0 Å². The van der Waals surface area contributed by atoms with E-state index >= 15 is 0 Å². The van der Waals surface area contributed by atoms with E-state index in [9.17, 15) is 9.59 Å². The first kappa shape index (κ1) is 22.9. The van der Waals surface area contributed by atoms with Gasteiger partial charge >= 0.3 is 0 Å². The number of rotatable bonds is 5. The second kappa shape index (κ2) is 10.1. The van der Waals surface area contributed by atoms with Crippen molar-refractivity contribution in [3.8, 4) is 0 Å². The summed E-state index contributed by atoms with van der Waals surface area (Å²) in [4.78, 5) is 40.7. The maximum absolute atomic E-state index is 13.2. The fourth-order valence-electron chi connectivity index (χ4n) is 5.02. The number of hydrogen-bond acceptors (Lipinski definition) is 7. The summed E-state index contributed by atoms with van der Waals surface area (Å²) in [5.41, 5.74) is 2.09. The highest BCUT2D eigenvalue weighted by atomic mass is 16.5. The van der Waals surface area contributed by atoms with Crippen molar-refractivity contribution in [1.29, 1.82) is 0 Å². The Balaban J connectivity index is 1.43. The summed E-state index contributed by atoms with van der Waals surface area (Å²) >= 11 is 0. The maximum Gasteiger partial charge on any atom is 0.227 e. The van der Waals surface area contributed by atoms with Gasteiger partial charge in [0.2, 0.25) is 11.8 Å². The second-order valence-electron chi connectivity index (χ2n) is 9.21. The van der Waals surface area contributed by atoms with Crippen LogP contribution in [0.15, 0.2) is 0 Å². The number of nitrogens with one attached hydrogen (secondary N) is 1. The van der Waals surface area contributed by atoms with E-state index in [0.29, 0.717) is 13.1 Å². The van der Waals surface area contributed by atoms with Crippen molar-refractivity contribution in [2.45, 2.75) is 45.6 Å². The fraction of sp³-hybridized carbons (Fsp3) is 0.739. The number of nitrogens with zero attached hydrogens (tertiary/aromatic N) is 5. The smallest absolute Gasteiger partial charge is 0.227 e. The predicted molar refractivity (Wildman–Crippen MR) is 121 cm³/mol. The van der Waals surface area contributed by atoms with Crippen molar-refractivity contribution in [2.75, 3.05) is 64.8 Å². The van der Waals surface area contributed by atoms with Crippen LogP contribution in [-0.2, 0) is 27.3 Å². The normalized spacial score (nSPS) is 21.2. The largest absolute Gasteiger partial charge is 0.379 e. The summed E-state index contributed by atoms with van der Waals surface area (Å²) in [7, 11) is 1.88. The molecule has 2 fully saturated rings. The van der Waals surface area contributed by atoms with Gasteiger partial charge in [-0.25, -0.2) is 9.97 Å². The van der Waals surface area contributed by atoms with Crippen molar-refractivity contribution < 1.29 is 14.3 Å². The molecular weight excluding hydrogens is 408 g/mol. The van der Waals surface area contributed by atoms with Gasteiger partial charge in [-0.2, -0.15) is 0 Å². The average molecular weight is 445 g/mol. The van der Waals surface area contributed by atoms with Gasteiger partial charge in [0, 0.05) is 77.1 Å². The Hall–Kier alpha value is -2.26. The van der Waals surface area contributed by atoms with E-state index in [1.165, 1.54) is 0 Å². The second-order valence-corrected chi connectivity index (χ2v) is 9.21. The molecule has 32 heavy (non-hydrogen) atoms. The lowest BCUT2D eigenvalue weighted by molar-refractivity contribution is -0.137. The molecule has 1 aromatic rings. The lowest BCUT2D eigenvalue weighted by Gasteiger charge is -2.35. The third kappa shape index (κ3) is 5.04. The number of likely N-dealkylation sites (tertiary alicyclic amines) is 1. The quantitative estimate of drug-likeness (QED) is 0.727. The number of morpholine rings is 1. The zero-order valence-electron chi connectivity index (χ0n) is 19.6. The number of ether oxygens (including phenoxy) is 1. The first-order valence-corrected chi connectivity index (χ1v) is 11.9. The van der Waals surface area contributed by atoms with Gasteiger partial charge < -0.3 is 19.9 Å². The number of anilines is 1. The number of fused-ring (bicyclic) bond motifs is 1. The topological polar surface area (TPSA) is 90.9 Å². The summed E-state index contributed by atoms with van der Waals surface area (Å²) in [5, 5.41) is 3.24. The number of carbonyl (C=O) groups is 2. The molecule has 0 aliphatic carbocycles. The van der Waals surface area contributed by atoms with Crippen LogP contribution in [0.25, 0.3) is 0 Å². The molecule has 1 N–H and O–H groups in total. The van der Waals surface area contributed by atoms with Crippen molar-refractivity contribution in [3.63, 3.8) is 0 Å². The third-order valence-electron chi connectivity index (χ3n) is 6.99. The van der Waals surface area contributed by atoms with E-state index in [1.54, 1.807) is 6.92 Å². The Morgan fingerprint density at radius 1 is 1.09 bits per heavy atom. The predicted octanol–water partition coefficient (Wildman–Crippen LogP) is 1.10. The fourth-order valence-corrected chi connectivity index (χ4v) is 5.02. The zero-order chi connectivity index (χ0) is 22.7. The van der Waals surface area contributed by atoms with Crippen LogP contribution in [-0.4, -0.2) is 96.0 Å². The molecule has 0 spiro atoms. The molecule has 4 rings (SSSR count). The first-order chi connectivity index (χ1) is 15.5. The molecule has 0 bridgehead atoms. The zero-order valence-corrected chi connectivity index (χ0v) is 19.6. The number of piperidine rings is 1. The standard InChI is InChI=1S/C23H36N6O3/c1-16(14-27-10-12-32-13-11-27)23(31)29-9-6-20-19(15-29)22(24-3)26-21(25-20)18-4-7-28(8-5-18)17(2)30/h16,18H,4-15H2,1-3H3,(H,24,25,26). The van der Waals surface area contributed by atoms with Crippen molar-refractivity contribution in [3.05, 3.63) is 17.1 Å². The van der Waals surface area contributed by atoms with Crippen LogP contribution in [0.5, 0.6) is 0 Å². The van der Waals surface area contributed by atoms with Gasteiger partial charge in [-0.1, -0.05) is 6.92 Å². The van der Waals surface area contributed by atoms with Crippen LogP contribution < -0.4 is 5.32 Å². The van der Waals surface area contributed by atoms with Gasteiger partial charge in [-0.05, 0) is 12.8 Å². The van der Waals surface area contributed by atoms with E-state index in [-0.39, 0.29) is 23.7 Å². The molecular formula is C23H36N6O3. The Morgan fingerprint density at radius 2 is 1.81 bits per heavy atom. The van der Waals surface area contributed by atoms with Crippen LogP contribution in [0.2, 0.25) is 0 Å². The summed E-state index contributed by atoms with van der Waals surface area (Å²) in [6, 6.07) is 0. The van der Waals surface area contributed by atoms with E-state index in [4.69, 9.17) is 14.7 Å². The molecule has 2 saturated heterocycles. The van der Waals surface area contributed by atoms with Gasteiger partial charge in [0.1, 0.15) is 11.6 Å². The number of amides is 2. The summed E-state index contributed by atoms with van der Waals surface area (Å²) < 4.78 is 5.42. The molecule has 1 unspecified atom stereocenters. The monoisotopic (exact) mass is 444 g/mol. The molecule has 3 aliphatic rings. The van der Waals surface area contributed by atoms with Crippen LogP contribution in [0.4, 0.5) is 5.82 Å². The van der Waals surface area contributed by atoms with Crippen molar-refractivity contribution in [2.24, 2.45) is 5.92 Å². The number of carbonyl (C=O) groups excluding carboxylic acids is 2. The van der Waals surface area contributed by atoms with Gasteiger partial charge in [0.05, 0.1) is 25.5 Å². The Morgan fingerprint density at radius 3 is 2.47 bits per heavy atom. The molecule has 0 saturated carbocycles. The van der Waals surface area contributed by atoms with Gasteiger partial charge in [0.25, 0.3) is 0 Å². The Bertz CT molecular complexity index is 816. The molecule has 3 aliphatic heterocycles. The minimum absolute atomic E-state index is 0.0423. The summed E-state index contributed by atoms with van der Waals surface area (Å²) in [6.45, 7) is 10.5. The summed E-state index contributed by atoms with van der Waals surface area (Å²) in [6.07, 6.45) is 2.54. The molecule has 9 nitrogen and oxygen atoms in total. The highest BCUT2D eigenvalue weighted by Crippen LogP contribution is 2.31. The van der Waals surface area contributed by atoms with E-state index in [2.05, 4.69) is 10.2 Å². The molecule has 9 heteroatoms. The van der Waals surface area contributed by atoms with Crippen LogP contribution in [0, 0.1) is 5.92 Å². The first-order valence-electron chi connectivity index (χ1n) is 11.9. The maximum atomic E-state index is 13.2. The molecule has 4 heterocycles. The lowest BCUT2D eigenvalue weighted by atomic mass is 9.95. The van der Waals surface area contributed by atoms with Gasteiger partial charge in [-0.15, -0.1) is 0 Å². The van der Waals surface area contributed by atoms with Crippen LogP contribution in [0.3, 0.4) is 0 Å². The van der Waals surface area contributed by atoms with Crippen LogP contribution >= 0.6 is 0 Å². The Labute approximate surface area is 190 Å². The molecule has 0 radical (unpaired) electrons. The van der Waals surface area contributed by atoms with Crippen molar-refractivity contribution >= 4 is 17.6 Å². The highest BCUT2D eigenvalue weighted by Gasteiger charge is 2.31. The van der Waals surface area contributed by atoms with E-state index < -0.39 is 0 Å². The van der Waals surface area contributed by atoms with E-state index in [1.807, 2.05) is 23.8 Å². The molecule has 176 valence electrons. The SMILES string of the molecule is CNc1nc(C2CCN(C(C)=O)CC2)nc2c1CN(C(=O)C(C)CN1CCOCC1)CC2. The Kier molecular flexibility index (Phi) is 7.25. The number of hydrogen-bond donors (Lipinski definition) is 1. The molecule has 2 amide bonds. The number of aromatic nitrogens is 2. The summed E-state index contributed by atoms with van der Waals surface area (Å²) in [5.74, 6) is 2.27.